The molecule has 2 heterocycles. The molecule has 0 radical (unpaired) electrons. The first-order valence-corrected chi connectivity index (χ1v) is 12.7. The summed E-state index contributed by atoms with van der Waals surface area (Å²) in [5.74, 6) is 0.495. The third-order valence-electron chi connectivity index (χ3n) is 6.45. The molecule has 1 N–H and O–H groups in total. The van der Waals surface area contributed by atoms with Gasteiger partial charge in [-0.2, -0.15) is 18.6 Å². The molecule has 1 saturated carbocycles. The first kappa shape index (κ1) is 26.1. The zero-order valence-electron chi connectivity index (χ0n) is 21.3. The van der Waals surface area contributed by atoms with E-state index in [-0.39, 0.29) is 23.4 Å². The molecule has 1 amide bonds. The van der Waals surface area contributed by atoms with Crippen molar-refractivity contribution in [1.82, 2.24) is 9.78 Å². The lowest BCUT2D eigenvalue weighted by molar-refractivity contribution is -0.605. The number of aromatic nitrogens is 3. The van der Waals surface area contributed by atoms with E-state index in [4.69, 9.17) is 14.6 Å². The summed E-state index contributed by atoms with van der Waals surface area (Å²) in [6.07, 6.45) is 7.29. The third kappa shape index (κ3) is 6.90. The molecule has 0 saturated heterocycles. The van der Waals surface area contributed by atoms with Gasteiger partial charge in [0.1, 0.15) is 0 Å². The van der Waals surface area contributed by atoms with Gasteiger partial charge in [-0.1, -0.05) is 18.2 Å². The number of amides is 1. The highest BCUT2D eigenvalue weighted by molar-refractivity contribution is 5.89. The minimum absolute atomic E-state index is 0.0174. The number of hydrogen-bond acceptors (Lipinski definition) is 5. The number of carbonyl (C=O) groups excluding carboxylic acids is 1. The maximum Gasteiger partial charge on any atom is 0.387 e. The van der Waals surface area contributed by atoms with Gasteiger partial charge in [-0.3, -0.25) is 9.48 Å². The summed E-state index contributed by atoms with van der Waals surface area (Å²) in [5, 5.41) is 19.2. The summed E-state index contributed by atoms with van der Waals surface area (Å²) < 4.78 is 39.3. The normalized spacial score (nSPS) is 13.7. The van der Waals surface area contributed by atoms with Crippen LogP contribution in [-0.4, -0.2) is 28.9 Å². The number of nitrogens with zero attached hydrogens (tertiary/aromatic N) is 3. The Labute approximate surface area is 224 Å². The Morgan fingerprint density at radius 1 is 1.13 bits per heavy atom. The number of alkyl halides is 2. The number of benzene rings is 2. The highest BCUT2D eigenvalue weighted by Gasteiger charge is 2.24. The lowest BCUT2D eigenvalue weighted by atomic mass is 9.99. The Balaban J connectivity index is 1.50. The fourth-order valence-corrected chi connectivity index (χ4v) is 4.32. The van der Waals surface area contributed by atoms with Gasteiger partial charge >= 0.3 is 6.61 Å². The van der Waals surface area contributed by atoms with Crippen LogP contribution in [0.5, 0.6) is 11.5 Å². The van der Waals surface area contributed by atoms with Crippen LogP contribution >= 0.6 is 0 Å². The van der Waals surface area contributed by atoms with Crippen LogP contribution in [0, 0.1) is 11.1 Å². The zero-order chi connectivity index (χ0) is 27.4. The molecule has 0 spiro atoms. The van der Waals surface area contributed by atoms with E-state index < -0.39 is 6.61 Å². The molecule has 202 valence electrons. The van der Waals surface area contributed by atoms with Crippen LogP contribution in [0.2, 0.25) is 0 Å². The van der Waals surface area contributed by atoms with Crippen LogP contribution in [0.15, 0.2) is 79.3 Å². The Kier molecular flexibility index (Phi) is 7.72. The fourth-order valence-electron chi connectivity index (χ4n) is 4.32. The summed E-state index contributed by atoms with van der Waals surface area (Å²) in [6, 6.07) is 17.3. The Morgan fingerprint density at radius 3 is 2.64 bits per heavy atom. The summed E-state index contributed by atoms with van der Waals surface area (Å²) in [6.45, 7) is -1.09. The molecule has 39 heavy (non-hydrogen) atoms. The Morgan fingerprint density at radius 2 is 1.92 bits per heavy atom. The largest absolute Gasteiger partial charge is 0.619 e. The molecule has 5 rings (SSSR count). The number of carbonyl (C=O) groups is 1. The second-order valence-electron chi connectivity index (χ2n) is 9.57. The van der Waals surface area contributed by atoms with Gasteiger partial charge in [-0.25, -0.2) is 0 Å². The minimum atomic E-state index is -2.97. The average molecular weight is 535 g/mol. The molecule has 1 aliphatic carbocycles. The SMILES string of the molecule is CC(=O)Nc1cccc(-c2ccn([C@@H](Cc3cc[n+]([O-])cc3)c3ccc(OC(F)F)c(OCC4CC4)c3)n2)c1. The number of rotatable bonds is 11. The predicted molar refractivity (Wildman–Crippen MR) is 141 cm³/mol. The number of nitrogens with one attached hydrogen (secondary N) is 1. The second-order valence-corrected chi connectivity index (χ2v) is 9.57. The molecule has 4 aromatic rings. The van der Waals surface area contributed by atoms with Crippen molar-refractivity contribution in [3.8, 4) is 22.8 Å². The predicted octanol–water partition coefficient (Wildman–Crippen LogP) is 5.36. The standard InChI is InChI=1S/C29H28F2N4O4/c1-19(36)32-24-4-2-3-22(16-24)25-11-14-35(33-25)26(15-20-9-12-34(37)13-10-20)23-7-8-27(39-29(30)31)28(17-23)38-18-21-5-6-21/h2-4,7-14,16-17,21,26,29H,5-6,15,18H2,1H3,(H,32,36)/t26-/m0/s1. The molecule has 0 bridgehead atoms. The highest BCUT2D eigenvalue weighted by Crippen LogP contribution is 2.37. The average Bonchev–Trinajstić information content (AvgIpc) is 3.61. The van der Waals surface area contributed by atoms with Gasteiger partial charge in [0.15, 0.2) is 23.9 Å². The molecule has 2 aromatic heterocycles. The fraction of sp³-hybridized carbons (Fsp3) is 0.276. The minimum Gasteiger partial charge on any atom is -0.619 e. The number of halogens is 2. The number of ether oxygens (including phenoxy) is 2. The topological polar surface area (TPSA) is 92.3 Å². The summed E-state index contributed by atoms with van der Waals surface area (Å²) >= 11 is 0. The Bertz CT molecular complexity index is 1440. The van der Waals surface area contributed by atoms with Crippen molar-refractivity contribution in [3.63, 3.8) is 0 Å². The van der Waals surface area contributed by atoms with Gasteiger partial charge < -0.3 is 20.0 Å². The van der Waals surface area contributed by atoms with E-state index in [9.17, 15) is 18.8 Å². The van der Waals surface area contributed by atoms with E-state index in [2.05, 4.69) is 5.32 Å². The van der Waals surface area contributed by atoms with Crippen molar-refractivity contribution in [2.45, 2.75) is 38.8 Å². The van der Waals surface area contributed by atoms with Gasteiger partial charge in [0, 0.05) is 36.5 Å². The molecule has 0 aliphatic heterocycles. The third-order valence-corrected chi connectivity index (χ3v) is 6.45. The zero-order valence-corrected chi connectivity index (χ0v) is 21.3. The Hall–Kier alpha value is -4.47. The van der Waals surface area contributed by atoms with E-state index in [0.29, 0.717) is 35.1 Å². The summed E-state index contributed by atoms with van der Waals surface area (Å²) in [7, 11) is 0. The van der Waals surface area contributed by atoms with Crippen molar-refractivity contribution in [3.05, 3.63) is 95.6 Å². The molecule has 1 atom stereocenters. The highest BCUT2D eigenvalue weighted by atomic mass is 19.3. The molecule has 1 aliphatic rings. The summed E-state index contributed by atoms with van der Waals surface area (Å²) in [5.41, 5.74) is 3.85. The van der Waals surface area contributed by atoms with Gasteiger partial charge in [0.25, 0.3) is 0 Å². The molecule has 10 heteroatoms. The maximum absolute atomic E-state index is 13.1. The summed E-state index contributed by atoms with van der Waals surface area (Å²) in [4.78, 5) is 11.5. The van der Waals surface area contributed by atoms with Gasteiger partial charge in [-0.05, 0) is 66.6 Å². The van der Waals surface area contributed by atoms with E-state index in [1.165, 1.54) is 25.4 Å². The van der Waals surface area contributed by atoms with Crippen molar-refractivity contribution in [2.24, 2.45) is 5.92 Å². The van der Waals surface area contributed by atoms with Gasteiger partial charge in [0.05, 0.1) is 18.3 Å². The molecule has 2 aromatic carbocycles. The molecule has 0 unspecified atom stereocenters. The lowest BCUT2D eigenvalue weighted by Crippen LogP contribution is -2.24. The van der Waals surface area contributed by atoms with Crippen LogP contribution < -0.4 is 19.5 Å². The van der Waals surface area contributed by atoms with E-state index >= 15 is 0 Å². The molecular weight excluding hydrogens is 506 g/mol. The molecule has 8 nitrogen and oxygen atoms in total. The van der Waals surface area contributed by atoms with Gasteiger partial charge in [-0.15, -0.1) is 0 Å². The number of anilines is 1. The second kappa shape index (κ2) is 11.5. The van der Waals surface area contributed by atoms with Crippen molar-refractivity contribution < 1.29 is 27.8 Å². The van der Waals surface area contributed by atoms with Crippen molar-refractivity contribution in [1.29, 1.82) is 0 Å². The molecular formula is C29H28F2N4O4. The van der Waals surface area contributed by atoms with E-state index in [1.807, 2.05) is 30.5 Å². The quantitative estimate of drug-likeness (QED) is 0.207. The number of hydrogen-bond donors (Lipinski definition) is 1. The van der Waals surface area contributed by atoms with Crippen molar-refractivity contribution in [2.75, 3.05) is 11.9 Å². The van der Waals surface area contributed by atoms with E-state index in [0.717, 1.165) is 29.5 Å². The lowest BCUT2D eigenvalue weighted by Gasteiger charge is -2.21. The van der Waals surface area contributed by atoms with Crippen LogP contribution in [0.1, 0.15) is 36.9 Å². The number of pyridine rings is 1. The monoisotopic (exact) mass is 534 g/mol. The van der Waals surface area contributed by atoms with Crippen LogP contribution in [-0.2, 0) is 11.2 Å². The van der Waals surface area contributed by atoms with Crippen molar-refractivity contribution >= 4 is 11.6 Å². The van der Waals surface area contributed by atoms with Crippen LogP contribution in [0.25, 0.3) is 11.3 Å². The molecule has 1 fully saturated rings. The first-order chi connectivity index (χ1) is 18.8. The van der Waals surface area contributed by atoms with Crippen LogP contribution in [0.4, 0.5) is 14.5 Å². The van der Waals surface area contributed by atoms with E-state index in [1.54, 1.807) is 35.0 Å². The smallest absolute Gasteiger partial charge is 0.387 e. The van der Waals surface area contributed by atoms with Gasteiger partial charge in [0.2, 0.25) is 5.91 Å². The first-order valence-electron chi connectivity index (χ1n) is 12.7. The maximum atomic E-state index is 13.1. The van der Waals surface area contributed by atoms with Crippen LogP contribution in [0.3, 0.4) is 0 Å².